The lowest BCUT2D eigenvalue weighted by Crippen LogP contribution is -2.46. The van der Waals surface area contributed by atoms with Crippen LogP contribution in [0.5, 0.6) is 0 Å². The predicted octanol–water partition coefficient (Wildman–Crippen LogP) is 3.55. The maximum Gasteiger partial charge on any atom is 0.236 e. The minimum Gasteiger partial charge on any atom is -0.299 e. The van der Waals surface area contributed by atoms with Crippen LogP contribution < -0.4 is 4.31 Å². The number of hydrogen-bond acceptors (Lipinski definition) is 3. The Kier molecular flexibility index (Phi) is 4.06. The maximum atomic E-state index is 13.2. The Morgan fingerprint density at radius 1 is 1.29 bits per heavy atom. The van der Waals surface area contributed by atoms with E-state index in [0.717, 1.165) is 12.0 Å². The number of Topliss-reactive ketones (excluding diaryl/α,β-unsaturated/α-hetero) is 1. The average molecular weight is 349 g/mol. The fourth-order valence-electron chi connectivity index (χ4n) is 4.82. The van der Waals surface area contributed by atoms with Crippen molar-refractivity contribution in [3.63, 3.8) is 0 Å². The number of carbonyl (C=O) groups excluding carboxylic acids is 1. The first-order chi connectivity index (χ1) is 11.1. The molecule has 2 aliphatic carbocycles. The van der Waals surface area contributed by atoms with Crippen LogP contribution in [0.15, 0.2) is 24.3 Å². The highest BCUT2D eigenvalue weighted by atomic mass is 32.2. The van der Waals surface area contributed by atoms with Gasteiger partial charge in [-0.2, -0.15) is 0 Å². The maximum absolute atomic E-state index is 13.2. The molecule has 0 heterocycles. The Labute approximate surface area is 145 Å². The van der Waals surface area contributed by atoms with E-state index in [2.05, 4.69) is 13.8 Å². The molecular weight excluding hydrogens is 322 g/mol. The van der Waals surface area contributed by atoms with E-state index in [1.807, 2.05) is 38.1 Å². The zero-order valence-electron chi connectivity index (χ0n) is 15.0. The first-order valence-corrected chi connectivity index (χ1v) is 10.4. The Hall–Kier alpha value is -1.36. The van der Waals surface area contributed by atoms with Gasteiger partial charge in [-0.25, -0.2) is 8.42 Å². The van der Waals surface area contributed by atoms with Crippen LogP contribution in [-0.4, -0.2) is 26.5 Å². The largest absolute Gasteiger partial charge is 0.299 e. The van der Waals surface area contributed by atoms with Crippen LogP contribution in [0, 0.1) is 23.7 Å². The van der Waals surface area contributed by atoms with Crippen LogP contribution in [-0.2, 0) is 14.8 Å². The van der Waals surface area contributed by atoms with Crippen molar-refractivity contribution in [3.05, 3.63) is 29.8 Å². The van der Waals surface area contributed by atoms with Crippen molar-refractivity contribution in [1.82, 2.24) is 0 Å². The summed E-state index contributed by atoms with van der Waals surface area (Å²) in [6.07, 6.45) is 2.21. The second-order valence-electron chi connectivity index (χ2n) is 7.93. The van der Waals surface area contributed by atoms with Crippen molar-refractivity contribution in [3.8, 4) is 0 Å². The van der Waals surface area contributed by atoms with Crippen LogP contribution >= 0.6 is 0 Å². The van der Waals surface area contributed by atoms with E-state index in [1.54, 1.807) is 0 Å². The average Bonchev–Trinajstić information content (AvgIpc) is 2.81. The molecule has 132 valence electrons. The molecular formula is C19H27NO3S. The molecule has 0 saturated heterocycles. The van der Waals surface area contributed by atoms with Gasteiger partial charge in [0.2, 0.25) is 10.0 Å². The molecule has 0 aromatic heterocycles. The lowest BCUT2D eigenvalue weighted by molar-refractivity contribution is -0.128. The van der Waals surface area contributed by atoms with E-state index in [-0.39, 0.29) is 17.0 Å². The number of rotatable bonds is 5. The molecule has 2 atom stereocenters. The first-order valence-electron chi connectivity index (χ1n) is 8.74. The summed E-state index contributed by atoms with van der Waals surface area (Å²) in [5, 5.41) is 0. The minimum atomic E-state index is -3.56. The standard InChI is InChI=1S/C19H27NO3S/c1-5-20(16-8-6-7-14(2)11-16)24(22,23)13-19-10-9-15(12-17(19)21)18(19,3)4/h6-8,11,15H,5,9-10,12-13H2,1-4H3/t15-,19+/m0/s1. The normalized spacial score (nSPS) is 28.3. The summed E-state index contributed by atoms with van der Waals surface area (Å²) in [6, 6.07) is 7.54. The number of aryl methyl sites for hydroxylation is 1. The summed E-state index contributed by atoms with van der Waals surface area (Å²) in [7, 11) is -3.56. The van der Waals surface area contributed by atoms with Crippen LogP contribution in [0.2, 0.25) is 0 Å². The van der Waals surface area contributed by atoms with Crippen molar-refractivity contribution < 1.29 is 13.2 Å². The van der Waals surface area contributed by atoms with Gasteiger partial charge in [-0.1, -0.05) is 26.0 Å². The van der Waals surface area contributed by atoms with Gasteiger partial charge in [0.1, 0.15) is 5.78 Å². The first kappa shape index (κ1) is 17.5. The molecule has 0 amide bonds. The number of ketones is 1. The molecule has 1 aromatic rings. The third kappa shape index (κ3) is 2.40. The Morgan fingerprint density at radius 3 is 2.50 bits per heavy atom. The van der Waals surface area contributed by atoms with Crippen molar-refractivity contribution in [2.24, 2.45) is 16.7 Å². The van der Waals surface area contributed by atoms with E-state index in [0.29, 0.717) is 31.0 Å². The molecule has 2 aliphatic rings. The highest BCUT2D eigenvalue weighted by Crippen LogP contribution is 2.64. The van der Waals surface area contributed by atoms with Gasteiger partial charge < -0.3 is 0 Å². The zero-order valence-corrected chi connectivity index (χ0v) is 15.8. The van der Waals surface area contributed by atoms with E-state index in [4.69, 9.17) is 0 Å². The zero-order chi connectivity index (χ0) is 17.8. The van der Waals surface area contributed by atoms with Gasteiger partial charge in [-0.3, -0.25) is 9.10 Å². The van der Waals surface area contributed by atoms with E-state index >= 15 is 0 Å². The Balaban J connectivity index is 1.97. The molecule has 1 aromatic carbocycles. The second kappa shape index (κ2) is 5.58. The molecule has 5 heteroatoms. The van der Waals surface area contributed by atoms with Gasteiger partial charge >= 0.3 is 0 Å². The quantitative estimate of drug-likeness (QED) is 0.817. The smallest absolute Gasteiger partial charge is 0.236 e. The Morgan fingerprint density at radius 2 is 2.00 bits per heavy atom. The monoisotopic (exact) mass is 349 g/mol. The molecule has 0 N–H and O–H groups in total. The summed E-state index contributed by atoms with van der Waals surface area (Å²) in [4.78, 5) is 12.7. The van der Waals surface area contributed by atoms with Gasteiger partial charge in [-0.05, 0) is 55.7 Å². The van der Waals surface area contributed by atoms with Crippen molar-refractivity contribution in [1.29, 1.82) is 0 Å². The van der Waals surface area contributed by atoms with Crippen LogP contribution in [0.4, 0.5) is 5.69 Å². The molecule has 0 radical (unpaired) electrons. The topological polar surface area (TPSA) is 54.5 Å². The summed E-state index contributed by atoms with van der Waals surface area (Å²) in [5.74, 6) is 0.409. The summed E-state index contributed by atoms with van der Waals surface area (Å²) < 4.78 is 27.9. The fraction of sp³-hybridized carbons (Fsp3) is 0.632. The summed E-state index contributed by atoms with van der Waals surface area (Å²) in [6.45, 7) is 8.33. The van der Waals surface area contributed by atoms with Gasteiger partial charge in [-0.15, -0.1) is 0 Å². The number of nitrogens with zero attached hydrogens (tertiary/aromatic N) is 1. The lowest BCUT2D eigenvalue weighted by Gasteiger charge is -2.38. The van der Waals surface area contributed by atoms with E-state index < -0.39 is 15.4 Å². The lowest BCUT2D eigenvalue weighted by atomic mass is 9.70. The van der Waals surface area contributed by atoms with Gasteiger partial charge in [0.05, 0.1) is 16.9 Å². The minimum absolute atomic E-state index is 0.0654. The van der Waals surface area contributed by atoms with Crippen LogP contribution in [0.1, 0.15) is 45.6 Å². The molecule has 24 heavy (non-hydrogen) atoms. The summed E-state index contributed by atoms with van der Waals surface area (Å²) >= 11 is 0. The van der Waals surface area contributed by atoms with E-state index in [9.17, 15) is 13.2 Å². The number of hydrogen-bond donors (Lipinski definition) is 0. The van der Waals surface area contributed by atoms with E-state index in [1.165, 1.54) is 4.31 Å². The number of carbonyl (C=O) groups is 1. The summed E-state index contributed by atoms with van der Waals surface area (Å²) in [5.41, 5.74) is 0.765. The Bertz CT molecular complexity index is 769. The second-order valence-corrected chi connectivity index (χ2v) is 9.82. The fourth-order valence-corrected chi connectivity index (χ4v) is 7.10. The predicted molar refractivity (Wildman–Crippen MR) is 96.5 cm³/mol. The number of sulfonamides is 1. The molecule has 0 aliphatic heterocycles. The van der Waals surface area contributed by atoms with Gasteiger partial charge in [0.25, 0.3) is 0 Å². The highest BCUT2D eigenvalue weighted by molar-refractivity contribution is 7.92. The molecule has 0 unspecified atom stereocenters. The van der Waals surface area contributed by atoms with Crippen LogP contribution in [0.25, 0.3) is 0 Å². The number of benzene rings is 1. The molecule has 2 bridgehead atoms. The third-order valence-electron chi connectivity index (χ3n) is 6.48. The molecule has 0 spiro atoms. The number of anilines is 1. The van der Waals surface area contributed by atoms with Crippen molar-refractivity contribution >= 4 is 21.5 Å². The molecule has 3 rings (SSSR count). The molecule has 4 nitrogen and oxygen atoms in total. The molecule has 2 fully saturated rings. The van der Waals surface area contributed by atoms with Gasteiger partial charge in [0, 0.05) is 13.0 Å². The molecule has 2 saturated carbocycles. The van der Waals surface area contributed by atoms with Crippen molar-refractivity contribution in [2.45, 2.75) is 47.0 Å². The highest BCUT2D eigenvalue weighted by Gasteiger charge is 2.65. The third-order valence-corrected chi connectivity index (χ3v) is 8.48. The number of fused-ring (bicyclic) bond motifs is 2. The van der Waals surface area contributed by atoms with Crippen molar-refractivity contribution in [2.75, 3.05) is 16.6 Å². The SMILES string of the molecule is CCN(c1cccc(C)c1)S(=O)(=O)C[C@]12CC[C@@H](CC1=O)C2(C)C. The van der Waals surface area contributed by atoms with Crippen LogP contribution in [0.3, 0.4) is 0 Å². The van der Waals surface area contributed by atoms with Gasteiger partial charge in [0.15, 0.2) is 0 Å².